The van der Waals surface area contributed by atoms with E-state index in [1.807, 2.05) is 12.1 Å². The molecular formula is C11H15Br2NO. The molecule has 0 bridgehead atoms. The number of hydrogen-bond acceptors (Lipinski definition) is 2. The van der Waals surface area contributed by atoms with E-state index < -0.39 is 0 Å². The normalized spacial score (nSPS) is 11.0. The predicted octanol–water partition coefficient (Wildman–Crippen LogP) is 3.76. The van der Waals surface area contributed by atoms with Gasteiger partial charge >= 0.3 is 0 Å². The summed E-state index contributed by atoms with van der Waals surface area (Å²) in [5.41, 5.74) is 1.18. The van der Waals surface area contributed by atoms with Crippen LogP contribution in [0.2, 0.25) is 0 Å². The third kappa shape index (κ3) is 3.78. The second kappa shape index (κ2) is 5.87. The standard InChI is InChI=1S/C11H15Br2NO/c1-3-4-14(2)7-8-5-9(12)11(15)10(13)6-8/h5-6,15H,3-4,7H2,1-2H3. The zero-order chi connectivity index (χ0) is 11.4. The molecule has 4 heteroatoms. The highest BCUT2D eigenvalue weighted by Crippen LogP contribution is 2.33. The summed E-state index contributed by atoms with van der Waals surface area (Å²) in [6.45, 7) is 4.14. The van der Waals surface area contributed by atoms with Gasteiger partial charge in [0, 0.05) is 6.54 Å². The second-order valence-electron chi connectivity index (χ2n) is 3.65. The predicted molar refractivity (Wildman–Crippen MR) is 70.1 cm³/mol. The molecule has 0 aliphatic heterocycles. The van der Waals surface area contributed by atoms with Crippen molar-refractivity contribution in [2.75, 3.05) is 13.6 Å². The molecule has 1 aromatic rings. The van der Waals surface area contributed by atoms with Crippen molar-refractivity contribution < 1.29 is 5.11 Å². The van der Waals surface area contributed by atoms with Gasteiger partial charge in [0.25, 0.3) is 0 Å². The first-order valence-electron chi connectivity index (χ1n) is 4.90. The Morgan fingerprint density at radius 3 is 2.27 bits per heavy atom. The average Bonchev–Trinajstić information content (AvgIpc) is 2.14. The highest BCUT2D eigenvalue weighted by atomic mass is 79.9. The van der Waals surface area contributed by atoms with E-state index in [-0.39, 0.29) is 5.75 Å². The molecule has 0 spiro atoms. The van der Waals surface area contributed by atoms with Gasteiger partial charge in [-0.25, -0.2) is 0 Å². The van der Waals surface area contributed by atoms with Crippen LogP contribution in [0, 0.1) is 0 Å². The zero-order valence-electron chi connectivity index (χ0n) is 8.93. The van der Waals surface area contributed by atoms with Crippen molar-refractivity contribution in [2.45, 2.75) is 19.9 Å². The molecule has 0 unspecified atom stereocenters. The van der Waals surface area contributed by atoms with Crippen molar-refractivity contribution in [3.63, 3.8) is 0 Å². The third-order valence-corrected chi connectivity index (χ3v) is 3.34. The first kappa shape index (κ1) is 13.0. The smallest absolute Gasteiger partial charge is 0.143 e. The van der Waals surface area contributed by atoms with E-state index in [9.17, 15) is 5.11 Å². The van der Waals surface area contributed by atoms with Crippen molar-refractivity contribution in [2.24, 2.45) is 0 Å². The minimum absolute atomic E-state index is 0.261. The van der Waals surface area contributed by atoms with Gasteiger partial charge in [-0.2, -0.15) is 0 Å². The van der Waals surface area contributed by atoms with Gasteiger partial charge in [0.2, 0.25) is 0 Å². The first-order valence-corrected chi connectivity index (χ1v) is 6.48. The van der Waals surface area contributed by atoms with Crippen LogP contribution < -0.4 is 0 Å². The molecular weight excluding hydrogens is 322 g/mol. The Morgan fingerprint density at radius 2 is 1.80 bits per heavy atom. The minimum atomic E-state index is 0.261. The number of phenols is 1. The maximum atomic E-state index is 9.56. The van der Waals surface area contributed by atoms with Crippen LogP contribution >= 0.6 is 31.9 Å². The molecule has 2 nitrogen and oxygen atoms in total. The van der Waals surface area contributed by atoms with E-state index >= 15 is 0 Å². The van der Waals surface area contributed by atoms with Crippen molar-refractivity contribution in [1.82, 2.24) is 4.90 Å². The molecule has 0 saturated heterocycles. The molecule has 0 aromatic heterocycles. The molecule has 0 radical (unpaired) electrons. The molecule has 0 atom stereocenters. The molecule has 0 saturated carbocycles. The van der Waals surface area contributed by atoms with Gasteiger partial charge in [-0.05, 0) is 69.6 Å². The van der Waals surface area contributed by atoms with Crippen LogP contribution in [0.5, 0.6) is 5.75 Å². The van der Waals surface area contributed by atoms with Crippen LogP contribution in [0.3, 0.4) is 0 Å². The van der Waals surface area contributed by atoms with E-state index in [0.717, 1.165) is 28.5 Å². The quantitative estimate of drug-likeness (QED) is 0.904. The lowest BCUT2D eigenvalue weighted by Gasteiger charge is -2.16. The number of rotatable bonds is 4. The Bertz CT molecular complexity index is 318. The highest BCUT2D eigenvalue weighted by Gasteiger charge is 2.07. The summed E-state index contributed by atoms with van der Waals surface area (Å²) in [5.74, 6) is 0.261. The monoisotopic (exact) mass is 335 g/mol. The van der Waals surface area contributed by atoms with E-state index in [4.69, 9.17) is 0 Å². The summed E-state index contributed by atoms with van der Waals surface area (Å²) < 4.78 is 1.47. The van der Waals surface area contributed by atoms with Crippen LogP contribution in [0.4, 0.5) is 0 Å². The molecule has 0 aliphatic rings. The molecule has 1 aromatic carbocycles. The second-order valence-corrected chi connectivity index (χ2v) is 5.35. The van der Waals surface area contributed by atoms with Crippen LogP contribution in [0.25, 0.3) is 0 Å². The van der Waals surface area contributed by atoms with Gasteiger partial charge in [-0.3, -0.25) is 0 Å². The molecule has 1 N–H and O–H groups in total. The zero-order valence-corrected chi connectivity index (χ0v) is 12.1. The lowest BCUT2D eigenvalue weighted by atomic mass is 10.2. The average molecular weight is 337 g/mol. The van der Waals surface area contributed by atoms with Gasteiger partial charge in [0.1, 0.15) is 5.75 Å². The number of halogens is 2. The third-order valence-electron chi connectivity index (χ3n) is 2.13. The van der Waals surface area contributed by atoms with Crippen molar-refractivity contribution in [3.05, 3.63) is 26.6 Å². The van der Waals surface area contributed by atoms with Crippen molar-refractivity contribution in [1.29, 1.82) is 0 Å². The maximum absolute atomic E-state index is 9.56. The molecule has 0 fully saturated rings. The number of nitrogens with zero attached hydrogens (tertiary/aromatic N) is 1. The van der Waals surface area contributed by atoms with Gasteiger partial charge in [0.15, 0.2) is 0 Å². The minimum Gasteiger partial charge on any atom is -0.506 e. The fraction of sp³-hybridized carbons (Fsp3) is 0.455. The Morgan fingerprint density at radius 1 is 1.27 bits per heavy atom. The molecule has 0 heterocycles. The Labute approximate surface area is 108 Å². The van der Waals surface area contributed by atoms with Gasteiger partial charge < -0.3 is 10.0 Å². The van der Waals surface area contributed by atoms with E-state index in [0.29, 0.717) is 0 Å². The number of phenolic OH excluding ortho intramolecular Hbond substituents is 1. The number of hydrogen-bond donors (Lipinski definition) is 1. The van der Waals surface area contributed by atoms with E-state index in [1.165, 1.54) is 5.56 Å². The molecule has 84 valence electrons. The summed E-state index contributed by atoms with van der Waals surface area (Å²) in [6.07, 6.45) is 1.15. The summed E-state index contributed by atoms with van der Waals surface area (Å²) in [4.78, 5) is 2.26. The SMILES string of the molecule is CCCN(C)Cc1cc(Br)c(O)c(Br)c1. The van der Waals surface area contributed by atoms with Crippen LogP contribution in [-0.2, 0) is 6.54 Å². The number of aromatic hydroxyl groups is 1. The van der Waals surface area contributed by atoms with Crippen LogP contribution in [0.15, 0.2) is 21.1 Å². The van der Waals surface area contributed by atoms with Gasteiger partial charge in [-0.15, -0.1) is 0 Å². The van der Waals surface area contributed by atoms with Crippen LogP contribution in [0.1, 0.15) is 18.9 Å². The fourth-order valence-corrected chi connectivity index (χ4v) is 2.76. The summed E-state index contributed by atoms with van der Waals surface area (Å²) in [5, 5.41) is 9.56. The molecule has 0 amide bonds. The molecule has 15 heavy (non-hydrogen) atoms. The Balaban J connectivity index is 2.78. The van der Waals surface area contributed by atoms with E-state index in [2.05, 4.69) is 50.7 Å². The largest absolute Gasteiger partial charge is 0.506 e. The van der Waals surface area contributed by atoms with Crippen LogP contribution in [-0.4, -0.2) is 23.6 Å². The van der Waals surface area contributed by atoms with Crippen molar-refractivity contribution >= 4 is 31.9 Å². The highest BCUT2D eigenvalue weighted by molar-refractivity contribution is 9.11. The Kier molecular flexibility index (Phi) is 5.09. The number of benzene rings is 1. The van der Waals surface area contributed by atoms with E-state index in [1.54, 1.807) is 0 Å². The molecule has 0 aliphatic carbocycles. The molecule has 1 rings (SSSR count). The fourth-order valence-electron chi connectivity index (χ4n) is 1.48. The first-order chi connectivity index (χ1) is 7.04. The lowest BCUT2D eigenvalue weighted by Crippen LogP contribution is -2.18. The van der Waals surface area contributed by atoms with Gasteiger partial charge in [-0.1, -0.05) is 6.92 Å². The van der Waals surface area contributed by atoms with Crippen molar-refractivity contribution in [3.8, 4) is 5.75 Å². The lowest BCUT2D eigenvalue weighted by molar-refractivity contribution is 0.327. The topological polar surface area (TPSA) is 23.5 Å². The Hall–Kier alpha value is -0.0600. The summed E-state index contributed by atoms with van der Waals surface area (Å²) in [6, 6.07) is 3.90. The summed E-state index contributed by atoms with van der Waals surface area (Å²) >= 11 is 6.65. The summed E-state index contributed by atoms with van der Waals surface area (Å²) in [7, 11) is 2.10. The maximum Gasteiger partial charge on any atom is 0.143 e. The van der Waals surface area contributed by atoms with Gasteiger partial charge in [0.05, 0.1) is 8.95 Å².